The second-order valence-corrected chi connectivity index (χ2v) is 17.0. The molecule has 11 nitrogen and oxygen atoms in total. The van der Waals surface area contributed by atoms with Gasteiger partial charge in [-0.25, -0.2) is 0 Å². The van der Waals surface area contributed by atoms with E-state index in [1.54, 1.807) is 21.3 Å². The molecule has 0 bridgehead atoms. The average molecular weight is 760 g/mol. The van der Waals surface area contributed by atoms with Crippen molar-refractivity contribution >= 4 is 11.8 Å². The zero-order valence-corrected chi connectivity index (χ0v) is 34.4. The van der Waals surface area contributed by atoms with Crippen LogP contribution in [-0.2, 0) is 47.5 Å². The van der Waals surface area contributed by atoms with Crippen LogP contribution in [-0.4, -0.2) is 119 Å². The second kappa shape index (κ2) is 18.7. The number of Topliss-reactive ketones (excluding diaryl/α,β-unsaturated/α-hetero) is 1. The molecule has 0 amide bonds. The summed E-state index contributed by atoms with van der Waals surface area (Å²) >= 11 is 0. The molecule has 0 aromatic carbocycles. The van der Waals surface area contributed by atoms with Crippen LogP contribution in [0.4, 0.5) is 0 Å². The first kappa shape index (κ1) is 41.9. The van der Waals surface area contributed by atoms with Gasteiger partial charge in [0.2, 0.25) is 0 Å². The summed E-state index contributed by atoms with van der Waals surface area (Å²) in [4.78, 5) is 30.7. The number of fused-ring (bicyclic) bond motifs is 5. The molecule has 6 aliphatic rings. The number of likely N-dealkylation sites (N-methyl/N-ethyl adjacent to an activating group) is 1. The largest absolute Gasteiger partial charge is 0.462 e. The molecule has 3 heterocycles. The molecule has 0 aromatic heterocycles. The molecular formula is C43H69NO10. The lowest BCUT2D eigenvalue weighted by Gasteiger charge is -2.44. The number of rotatable bonds is 11. The summed E-state index contributed by atoms with van der Waals surface area (Å²) in [6.45, 7) is 11.5. The molecule has 4 fully saturated rings. The van der Waals surface area contributed by atoms with Crippen molar-refractivity contribution in [1.82, 2.24) is 4.90 Å². The predicted molar refractivity (Wildman–Crippen MR) is 203 cm³/mol. The Kier molecular flexibility index (Phi) is 14.5. The summed E-state index contributed by atoms with van der Waals surface area (Å²) in [5, 5.41) is 0. The van der Waals surface area contributed by atoms with Gasteiger partial charge in [0.05, 0.1) is 30.8 Å². The van der Waals surface area contributed by atoms with E-state index in [1.807, 2.05) is 13.8 Å². The van der Waals surface area contributed by atoms with E-state index in [-0.39, 0.29) is 96.8 Å². The van der Waals surface area contributed by atoms with Gasteiger partial charge < -0.3 is 42.8 Å². The maximum Gasteiger partial charge on any atom is 0.306 e. The van der Waals surface area contributed by atoms with Gasteiger partial charge in [-0.05, 0) is 114 Å². The molecule has 17 atom stereocenters. The third kappa shape index (κ3) is 8.89. The number of hydrogen-bond acceptors (Lipinski definition) is 11. The minimum Gasteiger partial charge on any atom is -0.462 e. The van der Waals surface area contributed by atoms with Gasteiger partial charge in [0.15, 0.2) is 18.4 Å². The van der Waals surface area contributed by atoms with E-state index >= 15 is 0 Å². The first-order valence-electron chi connectivity index (χ1n) is 21.1. The lowest BCUT2D eigenvalue weighted by molar-refractivity contribution is -0.314. The smallest absolute Gasteiger partial charge is 0.306 e. The number of ether oxygens (including phenoxy) is 8. The van der Waals surface area contributed by atoms with Crippen LogP contribution in [0.2, 0.25) is 0 Å². The zero-order chi connectivity index (χ0) is 38.7. The Labute approximate surface area is 324 Å². The minimum atomic E-state index is -0.594. The Balaban J connectivity index is 1.19. The third-order valence-corrected chi connectivity index (χ3v) is 13.7. The first-order valence-corrected chi connectivity index (χ1v) is 21.1. The maximum atomic E-state index is 14.7. The number of nitrogens with zero attached hydrogens (tertiary/aromatic N) is 1. The van der Waals surface area contributed by atoms with Crippen LogP contribution in [0.3, 0.4) is 0 Å². The molecule has 4 unspecified atom stereocenters. The van der Waals surface area contributed by atoms with Crippen LogP contribution in [0.15, 0.2) is 23.8 Å². The fourth-order valence-electron chi connectivity index (χ4n) is 10.8. The quantitative estimate of drug-likeness (QED) is 0.176. The average Bonchev–Trinajstić information content (AvgIpc) is 3.73. The molecule has 54 heavy (non-hydrogen) atoms. The highest BCUT2D eigenvalue weighted by atomic mass is 16.7. The number of carbonyl (C=O) groups is 2. The van der Waals surface area contributed by atoms with Gasteiger partial charge in [0.1, 0.15) is 24.4 Å². The van der Waals surface area contributed by atoms with Crippen LogP contribution < -0.4 is 0 Å². The van der Waals surface area contributed by atoms with Crippen molar-refractivity contribution in [2.24, 2.45) is 35.5 Å². The number of hydrogen-bond donors (Lipinski definition) is 0. The number of esters is 1. The summed E-state index contributed by atoms with van der Waals surface area (Å²) in [6.07, 6.45) is 12.0. The van der Waals surface area contributed by atoms with E-state index in [1.165, 1.54) is 0 Å². The van der Waals surface area contributed by atoms with Gasteiger partial charge in [-0.1, -0.05) is 39.0 Å². The molecule has 3 aliphatic heterocycles. The number of allylic oxidation sites excluding steroid dienone is 4. The van der Waals surface area contributed by atoms with E-state index in [0.717, 1.165) is 63.5 Å². The fourth-order valence-corrected chi connectivity index (χ4v) is 10.8. The summed E-state index contributed by atoms with van der Waals surface area (Å²) in [5.74, 6) is 0.0207. The molecule has 0 radical (unpaired) electrons. The molecule has 0 N–H and O–H groups in total. The van der Waals surface area contributed by atoms with E-state index in [4.69, 9.17) is 37.9 Å². The van der Waals surface area contributed by atoms with Gasteiger partial charge >= 0.3 is 5.97 Å². The van der Waals surface area contributed by atoms with Crippen LogP contribution in [0.1, 0.15) is 98.8 Å². The van der Waals surface area contributed by atoms with Crippen LogP contribution >= 0.6 is 0 Å². The van der Waals surface area contributed by atoms with Crippen molar-refractivity contribution in [2.75, 3.05) is 34.9 Å². The van der Waals surface area contributed by atoms with Crippen molar-refractivity contribution in [1.29, 1.82) is 0 Å². The van der Waals surface area contributed by atoms with Crippen molar-refractivity contribution in [3.63, 3.8) is 0 Å². The molecule has 0 spiro atoms. The van der Waals surface area contributed by atoms with E-state index in [2.05, 4.69) is 50.9 Å². The van der Waals surface area contributed by atoms with Gasteiger partial charge in [-0.2, -0.15) is 0 Å². The highest BCUT2D eigenvalue weighted by Crippen LogP contribution is 2.54. The Hall–Kier alpha value is -1.70. The molecule has 3 aliphatic carbocycles. The molecule has 1 saturated carbocycles. The van der Waals surface area contributed by atoms with Crippen molar-refractivity contribution in [3.05, 3.63) is 23.8 Å². The molecular weight excluding hydrogens is 690 g/mol. The number of cyclic esters (lactones) is 1. The molecule has 6 rings (SSSR count). The van der Waals surface area contributed by atoms with Crippen molar-refractivity contribution in [3.8, 4) is 0 Å². The number of methoxy groups -OCH3 is 3. The van der Waals surface area contributed by atoms with E-state index in [0.29, 0.717) is 18.4 Å². The monoisotopic (exact) mass is 759 g/mol. The van der Waals surface area contributed by atoms with Gasteiger partial charge in [-0.3, -0.25) is 9.59 Å². The summed E-state index contributed by atoms with van der Waals surface area (Å²) < 4.78 is 49.8. The van der Waals surface area contributed by atoms with Crippen molar-refractivity contribution < 1.29 is 47.5 Å². The summed E-state index contributed by atoms with van der Waals surface area (Å²) in [5.41, 5.74) is 0.767. The highest BCUT2D eigenvalue weighted by Gasteiger charge is 2.52. The topological polar surface area (TPSA) is 111 Å². The number of ketones is 1. The van der Waals surface area contributed by atoms with Crippen LogP contribution in [0.25, 0.3) is 0 Å². The van der Waals surface area contributed by atoms with Gasteiger partial charge in [-0.15, -0.1) is 0 Å². The van der Waals surface area contributed by atoms with Crippen LogP contribution in [0, 0.1) is 35.5 Å². The molecule has 3 saturated heterocycles. The lowest BCUT2D eigenvalue weighted by Crippen LogP contribution is -2.59. The standard InChI is InChI=1S/C43H69NO10/c1-10-19-44(6)35-17-18-38(50-25(35)4)54-36-14-12-13-28(11-2)52-37(45)23-33-30-16-15-27-20-29(21-31(27)32(30)22-34(33)39(46)24(36)3)53-43-42(49-9)41(48-8)40(47-7)26(5)51-43/h15-16,22,24-33,35-36,38,40-43H,10-14,17-21,23H2,1-9H3/t24-,25?,26?,27-,28+,29-,30-,31-,32-,33+,35+,36+,38+,40+,41?,42?,43+/m1/s1. The Morgan fingerprint density at radius 3 is 2.28 bits per heavy atom. The van der Waals surface area contributed by atoms with Crippen LogP contribution in [0.5, 0.6) is 0 Å². The second-order valence-electron chi connectivity index (χ2n) is 17.0. The molecule has 11 heteroatoms. The Bertz CT molecular complexity index is 1320. The summed E-state index contributed by atoms with van der Waals surface area (Å²) in [7, 11) is 7.15. The summed E-state index contributed by atoms with van der Waals surface area (Å²) in [6, 6.07) is 0.357. The maximum absolute atomic E-state index is 14.7. The fraction of sp³-hybridized carbons (Fsp3) is 0.860. The lowest BCUT2D eigenvalue weighted by atomic mass is 9.70. The van der Waals surface area contributed by atoms with Gasteiger partial charge in [0, 0.05) is 39.2 Å². The predicted octanol–water partition coefficient (Wildman–Crippen LogP) is 6.27. The first-order chi connectivity index (χ1) is 26.0. The zero-order valence-electron chi connectivity index (χ0n) is 34.4. The molecule has 306 valence electrons. The van der Waals surface area contributed by atoms with Crippen molar-refractivity contribution in [2.45, 2.75) is 166 Å². The molecule has 0 aromatic rings. The van der Waals surface area contributed by atoms with Gasteiger partial charge in [0.25, 0.3) is 0 Å². The third-order valence-electron chi connectivity index (χ3n) is 13.7. The number of carbonyl (C=O) groups excluding carboxylic acids is 2. The highest BCUT2D eigenvalue weighted by molar-refractivity contribution is 5.99. The van der Waals surface area contributed by atoms with E-state index in [9.17, 15) is 9.59 Å². The SMILES string of the molecule is CCCN(C)[C@H]1CC[C@H](O[C@H]2CCC[C@H](CC)OC(=O)C[C@@H]3C(=C[C@@H]4[C@H]3C=C[C@@H]3C[C@@H](O[C@@H]5OC(C)[C@H](OC)C(OC)C5OC)C[C@@H]43)C(=O)[C@@H]2C)OC1C. The minimum absolute atomic E-state index is 0.0440. The normalized spacial score (nSPS) is 44.5. The Morgan fingerprint density at radius 1 is 0.833 bits per heavy atom. The Morgan fingerprint density at radius 2 is 1.59 bits per heavy atom. The van der Waals surface area contributed by atoms with E-state index < -0.39 is 12.4 Å².